The lowest BCUT2D eigenvalue weighted by Gasteiger charge is -2.19. The summed E-state index contributed by atoms with van der Waals surface area (Å²) >= 11 is 0. The molecule has 0 bridgehead atoms. The van der Waals surface area contributed by atoms with E-state index in [1.54, 1.807) is 69.3 Å². The number of anilines is 1. The van der Waals surface area contributed by atoms with Crippen molar-refractivity contribution in [2.75, 3.05) is 11.9 Å². The number of hydrogen-bond acceptors (Lipinski definition) is 4. The van der Waals surface area contributed by atoms with Crippen LogP contribution in [0.4, 0.5) is 10.5 Å². The van der Waals surface area contributed by atoms with E-state index in [0.29, 0.717) is 16.8 Å². The summed E-state index contributed by atoms with van der Waals surface area (Å²) in [5, 5.41) is 5.03. The van der Waals surface area contributed by atoms with Gasteiger partial charge in [-0.05, 0) is 32.9 Å². The van der Waals surface area contributed by atoms with Gasteiger partial charge in [-0.3, -0.25) is 9.59 Å². The van der Waals surface area contributed by atoms with Crippen molar-refractivity contribution in [3.05, 3.63) is 65.7 Å². The standard InChI is InChI=1S/C20H22N2O4/c1-20(2,3)26-19(25)21-13-17(23)22-16-12-8-7-11-15(16)18(24)14-9-5-4-6-10-14/h4-12H,13H2,1-3H3,(H,21,25)(H,22,23). The summed E-state index contributed by atoms with van der Waals surface area (Å²) in [6, 6.07) is 15.5. The van der Waals surface area contributed by atoms with Crippen LogP contribution < -0.4 is 10.6 Å². The van der Waals surface area contributed by atoms with Gasteiger partial charge in [0.25, 0.3) is 0 Å². The lowest BCUT2D eigenvalue weighted by molar-refractivity contribution is -0.115. The van der Waals surface area contributed by atoms with E-state index in [1.165, 1.54) is 0 Å². The summed E-state index contributed by atoms with van der Waals surface area (Å²) < 4.78 is 5.07. The highest BCUT2D eigenvalue weighted by atomic mass is 16.6. The molecule has 0 aliphatic carbocycles. The van der Waals surface area contributed by atoms with Gasteiger partial charge in [-0.1, -0.05) is 42.5 Å². The van der Waals surface area contributed by atoms with Gasteiger partial charge >= 0.3 is 6.09 Å². The Morgan fingerprint density at radius 1 is 0.923 bits per heavy atom. The minimum Gasteiger partial charge on any atom is -0.444 e. The van der Waals surface area contributed by atoms with E-state index < -0.39 is 17.6 Å². The normalized spacial score (nSPS) is 10.7. The molecule has 136 valence electrons. The zero-order chi connectivity index (χ0) is 19.2. The number of benzene rings is 2. The maximum Gasteiger partial charge on any atom is 0.408 e. The third-order valence-electron chi connectivity index (χ3n) is 3.27. The highest BCUT2D eigenvalue weighted by Crippen LogP contribution is 2.19. The molecule has 26 heavy (non-hydrogen) atoms. The zero-order valence-corrected chi connectivity index (χ0v) is 15.0. The quantitative estimate of drug-likeness (QED) is 0.806. The van der Waals surface area contributed by atoms with Gasteiger partial charge in [-0.2, -0.15) is 0 Å². The summed E-state index contributed by atoms with van der Waals surface area (Å²) in [7, 11) is 0. The molecule has 6 nitrogen and oxygen atoms in total. The van der Waals surface area contributed by atoms with Gasteiger partial charge in [0.1, 0.15) is 12.1 Å². The minimum atomic E-state index is -0.679. The minimum absolute atomic E-state index is 0.193. The Morgan fingerprint density at radius 3 is 2.19 bits per heavy atom. The molecule has 0 aromatic heterocycles. The molecule has 2 aromatic carbocycles. The Morgan fingerprint density at radius 2 is 1.54 bits per heavy atom. The summed E-state index contributed by atoms with van der Waals surface area (Å²) in [5.41, 5.74) is 0.651. The van der Waals surface area contributed by atoms with Gasteiger partial charge in [0, 0.05) is 11.1 Å². The molecule has 6 heteroatoms. The topological polar surface area (TPSA) is 84.5 Å². The fourth-order valence-electron chi connectivity index (χ4n) is 2.20. The van der Waals surface area contributed by atoms with Gasteiger partial charge in [-0.15, -0.1) is 0 Å². The van der Waals surface area contributed by atoms with E-state index in [1.807, 2.05) is 6.07 Å². The summed E-state index contributed by atoms with van der Waals surface area (Å²) in [4.78, 5) is 36.3. The maximum atomic E-state index is 12.6. The third-order valence-corrected chi connectivity index (χ3v) is 3.27. The van der Waals surface area contributed by atoms with Crippen LogP contribution in [0, 0.1) is 0 Å². The van der Waals surface area contributed by atoms with E-state index in [-0.39, 0.29) is 12.3 Å². The molecule has 2 N–H and O–H groups in total. The Kier molecular flexibility index (Phi) is 6.11. The first kappa shape index (κ1) is 19.2. The number of rotatable bonds is 5. The molecule has 0 unspecified atom stereocenters. The van der Waals surface area contributed by atoms with Crippen molar-refractivity contribution in [1.82, 2.24) is 5.32 Å². The molecule has 0 spiro atoms. The summed E-state index contributed by atoms with van der Waals surface area (Å²) in [6.45, 7) is 4.94. The number of para-hydroxylation sites is 1. The third kappa shape index (κ3) is 5.73. The first-order chi connectivity index (χ1) is 12.3. The monoisotopic (exact) mass is 354 g/mol. The fraction of sp³-hybridized carbons (Fsp3) is 0.250. The van der Waals surface area contributed by atoms with E-state index in [4.69, 9.17) is 4.74 Å². The van der Waals surface area contributed by atoms with Gasteiger partial charge in [-0.25, -0.2) is 4.79 Å². The van der Waals surface area contributed by atoms with Crippen LogP contribution in [0.2, 0.25) is 0 Å². The van der Waals surface area contributed by atoms with Crippen LogP contribution in [0.15, 0.2) is 54.6 Å². The molecule has 0 atom stereocenters. The molecule has 2 aromatic rings. The van der Waals surface area contributed by atoms with Crippen LogP contribution in [0.3, 0.4) is 0 Å². The van der Waals surface area contributed by atoms with Crippen LogP contribution in [0.25, 0.3) is 0 Å². The molecule has 0 heterocycles. The van der Waals surface area contributed by atoms with Crippen molar-refractivity contribution in [2.24, 2.45) is 0 Å². The van der Waals surface area contributed by atoms with Crippen LogP contribution in [-0.4, -0.2) is 29.9 Å². The number of amides is 2. The highest BCUT2D eigenvalue weighted by Gasteiger charge is 2.18. The van der Waals surface area contributed by atoms with Gasteiger partial charge in [0.15, 0.2) is 5.78 Å². The van der Waals surface area contributed by atoms with Crippen molar-refractivity contribution in [2.45, 2.75) is 26.4 Å². The van der Waals surface area contributed by atoms with Crippen molar-refractivity contribution in [3.63, 3.8) is 0 Å². The van der Waals surface area contributed by atoms with E-state index in [9.17, 15) is 14.4 Å². The molecular formula is C20H22N2O4. The lowest BCUT2D eigenvalue weighted by atomic mass is 10.0. The van der Waals surface area contributed by atoms with Gasteiger partial charge in [0.05, 0.1) is 5.69 Å². The fourth-order valence-corrected chi connectivity index (χ4v) is 2.20. The van der Waals surface area contributed by atoms with Crippen LogP contribution >= 0.6 is 0 Å². The van der Waals surface area contributed by atoms with Crippen molar-refractivity contribution in [1.29, 1.82) is 0 Å². The summed E-state index contributed by atoms with van der Waals surface area (Å²) in [6.07, 6.45) is -0.679. The smallest absolute Gasteiger partial charge is 0.408 e. The first-order valence-corrected chi connectivity index (χ1v) is 8.22. The van der Waals surface area contributed by atoms with E-state index in [2.05, 4.69) is 10.6 Å². The first-order valence-electron chi connectivity index (χ1n) is 8.22. The maximum absolute atomic E-state index is 12.6. The molecule has 2 amide bonds. The Hall–Kier alpha value is -3.15. The predicted octanol–water partition coefficient (Wildman–Crippen LogP) is 3.38. The SMILES string of the molecule is CC(C)(C)OC(=O)NCC(=O)Nc1ccccc1C(=O)c1ccccc1. The largest absolute Gasteiger partial charge is 0.444 e. The second-order valence-electron chi connectivity index (χ2n) is 6.64. The van der Waals surface area contributed by atoms with E-state index in [0.717, 1.165) is 0 Å². The van der Waals surface area contributed by atoms with Gasteiger partial charge in [0.2, 0.25) is 5.91 Å². The molecule has 0 fully saturated rings. The molecule has 2 rings (SSSR count). The predicted molar refractivity (Wildman–Crippen MR) is 99.2 cm³/mol. The van der Waals surface area contributed by atoms with Crippen molar-refractivity contribution < 1.29 is 19.1 Å². The average Bonchev–Trinajstić information content (AvgIpc) is 2.59. The van der Waals surface area contributed by atoms with Crippen LogP contribution in [-0.2, 0) is 9.53 Å². The van der Waals surface area contributed by atoms with Crippen LogP contribution in [0.5, 0.6) is 0 Å². The Balaban J connectivity index is 2.03. The molecule has 0 aliphatic heterocycles. The number of alkyl carbamates (subject to hydrolysis) is 1. The number of carbonyl (C=O) groups is 3. The number of carbonyl (C=O) groups excluding carboxylic acids is 3. The van der Waals surface area contributed by atoms with Crippen molar-refractivity contribution in [3.8, 4) is 0 Å². The molecule has 0 radical (unpaired) electrons. The number of ketones is 1. The molecule has 0 aliphatic rings. The highest BCUT2D eigenvalue weighted by molar-refractivity contribution is 6.14. The molecular weight excluding hydrogens is 332 g/mol. The molecule has 0 saturated heterocycles. The van der Waals surface area contributed by atoms with Crippen LogP contribution in [0.1, 0.15) is 36.7 Å². The average molecular weight is 354 g/mol. The molecule has 0 saturated carbocycles. The second-order valence-corrected chi connectivity index (χ2v) is 6.64. The Labute approximate surface area is 152 Å². The van der Waals surface area contributed by atoms with E-state index >= 15 is 0 Å². The lowest BCUT2D eigenvalue weighted by Crippen LogP contribution is -2.37. The van der Waals surface area contributed by atoms with Gasteiger partial charge < -0.3 is 15.4 Å². The second kappa shape index (κ2) is 8.29. The number of ether oxygens (including phenoxy) is 1. The summed E-state index contributed by atoms with van der Waals surface area (Å²) in [5.74, 6) is -0.647. The Bertz CT molecular complexity index is 795. The number of hydrogen-bond donors (Lipinski definition) is 2. The van der Waals surface area contributed by atoms with Crippen molar-refractivity contribution >= 4 is 23.5 Å². The number of nitrogens with one attached hydrogen (secondary N) is 2. The zero-order valence-electron chi connectivity index (χ0n) is 15.0.